The standard InChI is InChI=1S/C10H19NO5/c1-7(12)11(2)8(10(13)16-5)6-9(14-3)15-4/h8-9H,6H2,1-5H3. The second-order valence-corrected chi connectivity index (χ2v) is 3.31. The molecule has 0 bridgehead atoms. The molecule has 0 N–H and O–H groups in total. The number of hydrogen-bond acceptors (Lipinski definition) is 5. The van der Waals surface area contributed by atoms with E-state index >= 15 is 0 Å². The Bertz CT molecular complexity index is 239. The number of rotatable bonds is 6. The highest BCUT2D eigenvalue weighted by atomic mass is 16.7. The van der Waals surface area contributed by atoms with Gasteiger partial charge in [-0.1, -0.05) is 0 Å². The van der Waals surface area contributed by atoms with E-state index in [0.29, 0.717) is 0 Å². The van der Waals surface area contributed by atoms with Crippen molar-refractivity contribution in [3.05, 3.63) is 0 Å². The monoisotopic (exact) mass is 233 g/mol. The van der Waals surface area contributed by atoms with Gasteiger partial charge in [-0.05, 0) is 0 Å². The summed E-state index contributed by atoms with van der Waals surface area (Å²) < 4.78 is 14.6. The largest absolute Gasteiger partial charge is 0.467 e. The van der Waals surface area contributed by atoms with E-state index in [9.17, 15) is 9.59 Å². The molecule has 0 aromatic heterocycles. The van der Waals surface area contributed by atoms with Gasteiger partial charge in [0.05, 0.1) is 7.11 Å². The second kappa shape index (κ2) is 7.19. The molecule has 1 amide bonds. The molecule has 6 nitrogen and oxygen atoms in total. The lowest BCUT2D eigenvalue weighted by Crippen LogP contribution is -2.44. The van der Waals surface area contributed by atoms with E-state index in [0.717, 1.165) is 0 Å². The van der Waals surface area contributed by atoms with E-state index in [-0.39, 0.29) is 12.3 Å². The van der Waals surface area contributed by atoms with Crippen molar-refractivity contribution in [3.8, 4) is 0 Å². The van der Waals surface area contributed by atoms with Gasteiger partial charge in [0, 0.05) is 34.6 Å². The molecule has 0 aromatic carbocycles. The zero-order valence-electron chi connectivity index (χ0n) is 10.4. The molecule has 94 valence electrons. The first-order valence-corrected chi connectivity index (χ1v) is 4.84. The van der Waals surface area contributed by atoms with Gasteiger partial charge >= 0.3 is 5.97 Å². The third-order valence-corrected chi connectivity index (χ3v) is 2.38. The van der Waals surface area contributed by atoms with Crippen molar-refractivity contribution >= 4 is 11.9 Å². The first kappa shape index (κ1) is 14.9. The van der Waals surface area contributed by atoms with Crippen LogP contribution in [0.15, 0.2) is 0 Å². The van der Waals surface area contributed by atoms with Crippen molar-refractivity contribution in [1.82, 2.24) is 4.90 Å². The fourth-order valence-electron chi connectivity index (χ4n) is 1.24. The molecule has 1 atom stereocenters. The molecule has 0 aliphatic carbocycles. The lowest BCUT2D eigenvalue weighted by Gasteiger charge is -2.27. The Balaban J connectivity index is 4.67. The molecule has 16 heavy (non-hydrogen) atoms. The van der Waals surface area contributed by atoms with Crippen LogP contribution >= 0.6 is 0 Å². The highest BCUT2D eigenvalue weighted by molar-refractivity contribution is 5.83. The molecule has 0 radical (unpaired) electrons. The van der Waals surface area contributed by atoms with Crippen LogP contribution in [-0.2, 0) is 23.8 Å². The van der Waals surface area contributed by atoms with E-state index < -0.39 is 18.3 Å². The minimum atomic E-state index is -0.701. The number of nitrogens with zero attached hydrogens (tertiary/aromatic N) is 1. The van der Waals surface area contributed by atoms with Crippen LogP contribution in [0, 0.1) is 0 Å². The van der Waals surface area contributed by atoms with Gasteiger partial charge in [-0.3, -0.25) is 4.79 Å². The molecule has 0 heterocycles. The SMILES string of the molecule is COC(=O)C(CC(OC)OC)N(C)C(C)=O. The number of ether oxygens (including phenoxy) is 3. The summed E-state index contributed by atoms with van der Waals surface area (Å²) in [7, 11) is 5.75. The fraction of sp³-hybridized carbons (Fsp3) is 0.800. The normalized spacial score (nSPS) is 12.4. The van der Waals surface area contributed by atoms with Crippen LogP contribution in [-0.4, -0.2) is 57.5 Å². The minimum absolute atomic E-state index is 0.221. The number of methoxy groups -OCH3 is 3. The average molecular weight is 233 g/mol. The van der Waals surface area contributed by atoms with E-state index in [1.54, 1.807) is 0 Å². The van der Waals surface area contributed by atoms with Crippen molar-refractivity contribution < 1.29 is 23.8 Å². The van der Waals surface area contributed by atoms with E-state index in [4.69, 9.17) is 9.47 Å². The second-order valence-electron chi connectivity index (χ2n) is 3.31. The number of likely N-dealkylation sites (N-methyl/N-ethyl adjacent to an activating group) is 1. The number of carbonyl (C=O) groups is 2. The Morgan fingerprint density at radius 3 is 2.00 bits per heavy atom. The van der Waals surface area contributed by atoms with Gasteiger partial charge in [-0.2, -0.15) is 0 Å². The number of amides is 1. The number of esters is 1. The third kappa shape index (κ3) is 4.16. The smallest absolute Gasteiger partial charge is 0.328 e. The van der Waals surface area contributed by atoms with Crippen molar-refractivity contribution in [3.63, 3.8) is 0 Å². The summed E-state index contributed by atoms with van der Waals surface area (Å²) in [4.78, 5) is 24.0. The lowest BCUT2D eigenvalue weighted by molar-refractivity contribution is -0.160. The van der Waals surface area contributed by atoms with Gasteiger partial charge < -0.3 is 19.1 Å². The zero-order chi connectivity index (χ0) is 12.7. The predicted molar refractivity (Wildman–Crippen MR) is 56.7 cm³/mol. The third-order valence-electron chi connectivity index (χ3n) is 2.38. The van der Waals surface area contributed by atoms with Crippen LogP contribution in [0.5, 0.6) is 0 Å². The Morgan fingerprint density at radius 1 is 1.19 bits per heavy atom. The van der Waals surface area contributed by atoms with Crippen molar-refractivity contribution in [2.24, 2.45) is 0 Å². The van der Waals surface area contributed by atoms with Crippen molar-refractivity contribution in [2.75, 3.05) is 28.4 Å². The fourth-order valence-corrected chi connectivity index (χ4v) is 1.24. The summed E-state index contributed by atoms with van der Waals surface area (Å²) >= 11 is 0. The lowest BCUT2D eigenvalue weighted by atomic mass is 10.1. The first-order chi connectivity index (χ1) is 7.47. The maximum absolute atomic E-state index is 11.5. The number of hydrogen-bond donors (Lipinski definition) is 0. The van der Waals surface area contributed by atoms with Crippen LogP contribution in [0.4, 0.5) is 0 Å². The Hall–Kier alpha value is -1.14. The summed E-state index contributed by atoms with van der Waals surface area (Å²) in [6, 6.07) is -0.701. The molecule has 6 heteroatoms. The van der Waals surface area contributed by atoms with Gasteiger partial charge in [0.15, 0.2) is 6.29 Å². The predicted octanol–water partition coefficient (Wildman–Crippen LogP) is 0.0153. The van der Waals surface area contributed by atoms with Crippen LogP contribution in [0.1, 0.15) is 13.3 Å². The average Bonchev–Trinajstić information content (AvgIpc) is 2.29. The molecule has 0 saturated heterocycles. The zero-order valence-corrected chi connectivity index (χ0v) is 10.4. The summed E-state index contributed by atoms with van der Waals surface area (Å²) in [6.45, 7) is 1.38. The Labute approximate surface area is 95.4 Å². The maximum atomic E-state index is 11.5. The molecule has 0 aliphatic heterocycles. The number of carbonyl (C=O) groups excluding carboxylic acids is 2. The van der Waals surface area contributed by atoms with Gasteiger partial charge in [0.25, 0.3) is 0 Å². The quantitative estimate of drug-likeness (QED) is 0.478. The van der Waals surface area contributed by atoms with Gasteiger partial charge in [0.2, 0.25) is 5.91 Å². The van der Waals surface area contributed by atoms with Gasteiger partial charge in [-0.15, -0.1) is 0 Å². The minimum Gasteiger partial charge on any atom is -0.467 e. The molecule has 1 unspecified atom stereocenters. The summed E-state index contributed by atoms with van der Waals surface area (Å²) in [5, 5.41) is 0. The highest BCUT2D eigenvalue weighted by Crippen LogP contribution is 2.10. The molecule has 0 aromatic rings. The molecule has 0 saturated carbocycles. The van der Waals surface area contributed by atoms with Crippen molar-refractivity contribution in [1.29, 1.82) is 0 Å². The summed E-state index contributed by atoms with van der Waals surface area (Å²) in [5.74, 6) is -0.710. The highest BCUT2D eigenvalue weighted by Gasteiger charge is 2.29. The molecular weight excluding hydrogens is 214 g/mol. The van der Waals surface area contributed by atoms with Crippen LogP contribution in [0.3, 0.4) is 0 Å². The van der Waals surface area contributed by atoms with E-state index in [1.165, 1.54) is 40.2 Å². The van der Waals surface area contributed by atoms with Crippen molar-refractivity contribution in [2.45, 2.75) is 25.7 Å². The topological polar surface area (TPSA) is 65.1 Å². The van der Waals surface area contributed by atoms with Crippen LogP contribution in [0.2, 0.25) is 0 Å². The van der Waals surface area contributed by atoms with Gasteiger partial charge in [-0.25, -0.2) is 4.79 Å². The van der Waals surface area contributed by atoms with Crippen LogP contribution < -0.4 is 0 Å². The van der Waals surface area contributed by atoms with Crippen LogP contribution in [0.25, 0.3) is 0 Å². The summed E-state index contributed by atoms with van der Waals surface area (Å²) in [5.41, 5.74) is 0. The molecular formula is C10H19NO5. The van der Waals surface area contributed by atoms with E-state index in [2.05, 4.69) is 4.74 Å². The Kier molecular flexibility index (Phi) is 6.67. The first-order valence-electron chi connectivity index (χ1n) is 4.84. The van der Waals surface area contributed by atoms with Gasteiger partial charge in [0.1, 0.15) is 6.04 Å². The molecule has 0 rings (SSSR count). The van der Waals surface area contributed by atoms with E-state index in [1.807, 2.05) is 0 Å². The molecule has 0 aliphatic rings. The maximum Gasteiger partial charge on any atom is 0.328 e. The Morgan fingerprint density at radius 2 is 1.69 bits per heavy atom. The summed E-state index contributed by atoms with van der Waals surface area (Å²) in [6.07, 6.45) is -0.318. The molecule has 0 fully saturated rings. The molecule has 0 spiro atoms.